The topological polar surface area (TPSA) is 75.6 Å². The maximum absolute atomic E-state index is 12.3. The second kappa shape index (κ2) is 6.52. The van der Waals surface area contributed by atoms with Crippen molar-refractivity contribution in [2.24, 2.45) is 0 Å². The van der Waals surface area contributed by atoms with Gasteiger partial charge in [-0.15, -0.1) is 0 Å². The van der Waals surface area contributed by atoms with Gasteiger partial charge in [-0.1, -0.05) is 17.7 Å². The van der Waals surface area contributed by atoms with Gasteiger partial charge in [0.25, 0.3) is 5.91 Å². The monoisotopic (exact) mass is 279 g/mol. The van der Waals surface area contributed by atoms with Crippen molar-refractivity contribution < 1.29 is 19.4 Å². The molecule has 0 fully saturated rings. The molecule has 5 heteroatoms. The molecule has 1 atom stereocenters. The second-order valence-corrected chi connectivity index (χ2v) is 5.34. The number of benzene rings is 1. The van der Waals surface area contributed by atoms with E-state index in [0.717, 1.165) is 11.1 Å². The van der Waals surface area contributed by atoms with Crippen LogP contribution in [0.1, 0.15) is 34.8 Å². The number of ether oxygens (including phenoxy) is 1. The zero-order valence-electron chi connectivity index (χ0n) is 12.3. The van der Waals surface area contributed by atoms with Crippen LogP contribution in [0.3, 0.4) is 0 Å². The predicted octanol–water partition coefficient (Wildman–Crippen LogP) is 1.91. The van der Waals surface area contributed by atoms with Crippen molar-refractivity contribution in [1.29, 1.82) is 0 Å². The molecule has 0 aliphatic carbocycles. The molecule has 0 aliphatic heterocycles. The Morgan fingerprint density at radius 3 is 2.55 bits per heavy atom. The molecular weight excluding hydrogens is 258 g/mol. The minimum Gasteiger partial charge on any atom is -0.481 e. The largest absolute Gasteiger partial charge is 0.481 e. The van der Waals surface area contributed by atoms with Gasteiger partial charge in [0.05, 0.1) is 18.6 Å². The highest BCUT2D eigenvalue weighted by Crippen LogP contribution is 2.15. The molecule has 0 radical (unpaired) electrons. The highest BCUT2D eigenvalue weighted by Gasteiger charge is 2.30. The molecule has 0 aliphatic rings. The van der Waals surface area contributed by atoms with Gasteiger partial charge in [-0.25, -0.2) is 0 Å². The Hall–Kier alpha value is -1.88. The first-order valence-corrected chi connectivity index (χ1v) is 6.38. The summed E-state index contributed by atoms with van der Waals surface area (Å²) in [6.45, 7) is 5.55. The van der Waals surface area contributed by atoms with E-state index < -0.39 is 11.5 Å². The maximum atomic E-state index is 12.3. The average molecular weight is 279 g/mol. The van der Waals surface area contributed by atoms with E-state index in [9.17, 15) is 9.59 Å². The number of aliphatic carboxylic acids is 1. The Labute approximate surface area is 118 Å². The molecule has 0 saturated heterocycles. The van der Waals surface area contributed by atoms with Crippen LogP contribution in [0.4, 0.5) is 0 Å². The van der Waals surface area contributed by atoms with E-state index in [-0.39, 0.29) is 18.9 Å². The highest BCUT2D eigenvalue weighted by molar-refractivity contribution is 5.96. The van der Waals surface area contributed by atoms with Crippen LogP contribution in [-0.4, -0.2) is 36.2 Å². The zero-order chi connectivity index (χ0) is 15.3. The minimum absolute atomic E-state index is 0.135. The number of carboxylic acid groups (broad SMARTS) is 1. The molecule has 1 aromatic rings. The number of rotatable bonds is 6. The van der Waals surface area contributed by atoms with E-state index in [2.05, 4.69) is 5.32 Å². The third-order valence-electron chi connectivity index (χ3n) is 3.06. The fraction of sp³-hybridized carbons (Fsp3) is 0.467. The molecule has 2 N–H and O–H groups in total. The van der Waals surface area contributed by atoms with Crippen molar-refractivity contribution in [3.05, 3.63) is 34.9 Å². The van der Waals surface area contributed by atoms with Crippen LogP contribution < -0.4 is 5.32 Å². The molecule has 5 nitrogen and oxygen atoms in total. The molecule has 1 amide bonds. The molecule has 1 aromatic carbocycles. The fourth-order valence-electron chi connectivity index (χ4n) is 2.11. The summed E-state index contributed by atoms with van der Waals surface area (Å²) in [6.07, 6.45) is -0.197. The summed E-state index contributed by atoms with van der Waals surface area (Å²) < 4.78 is 5.02. The third-order valence-corrected chi connectivity index (χ3v) is 3.06. The molecule has 1 unspecified atom stereocenters. The number of hydrogen-bond acceptors (Lipinski definition) is 3. The zero-order valence-corrected chi connectivity index (χ0v) is 12.3. The molecule has 0 bridgehead atoms. The van der Waals surface area contributed by atoms with Crippen LogP contribution in [0.2, 0.25) is 0 Å². The normalized spacial score (nSPS) is 13.6. The van der Waals surface area contributed by atoms with Gasteiger partial charge in [-0.2, -0.15) is 0 Å². The number of aryl methyl sites for hydroxylation is 2. The van der Waals surface area contributed by atoms with E-state index in [4.69, 9.17) is 9.84 Å². The first-order chi connectivity index (χ1) is 9.27. The molecule has 0 aromatic heterocycles. The molecule has 110 valence electrons. The van der Waals surface area contributed by atoms with Crippen molar-refractivity contribution in [2.45, 2.75) is 32.7 Å². The molecule has 0 saturated carbocycles. The molecule has 20 heavy (non-hydrogen) atoms. The van der Waals surface area contributed by atoms with Gasteiger partial charge >= 0.3 is 5.97 Å². The molecular formula is C15H21NO4. The quantitative estimate of drug-likeness (QED) is 0.834. The number of hydrogen-bond donors (Lipinski definition) is 2. The van der Waals surface area contributed by atoms with Crippen molar-refractivity contribution in [1.82, 2.24) is 5.32 Å². The lowest BCUT2D eigenvalue weighted by molar-refractivity contribution is -0.139. The van der Waals surface area contributed by atoms with E-state index in [1.165, 1.54) is 7.11 Å². The van der Waals surface area contributed by atoms with Crippen LogP contribution in [0.25, 0.3) is 0 Å². The molecule has 0 heterocycles. The number of methoxy groups -OCH3 is 1. The summed E-state index contributed by atoms with van der Waals surface area (Å²) in [6, 6.07) is 5.59. The van der Waals surface area contributed by atoms with Gasteiger partial charge in [0.2, 0.25) is 0 Å². The summed E-state index contributed by atoms with van der Waals surface area (Å²) in [7, 11) is 1.48. The summed E-state index contributed by atoms with van der Waals surface area (Å²) in [5.74, 6) is -1.27. The van der Waals surface area contributed by atoms with Gasteiger partial charge < -0.3 is 15.2 Å². The Balaban J connectivity index is 2.95. The van der Waals surface area contributed by atoms with Crippen molar-refractivity contribution in [3.8, 4) is 0 Å². The van der Waals surface area contributed by atoms with Crippen LogP contribution in [0.5, 0.6) is 0 Å². The number of carbonyl (C=O) groups is 2. The number of nitrogens with one attached hydrogen (secondary N) is 1. The van der Waals surface area contributed by atoms with Crippen molar-refractivity contribution in [2.75, 3.05) is 13.7 Å². The standard InChI is InChI=1S/C15H21NO4/c1-10-5-6-11(2)12(7-10)14(19)16-15(3,9-20-4)8-13(17)18/h5-7H,8-9H2,1-4H3,(H,16,19)(H,17,18). The van der Waals surface area contributed by atoms with Gasteiger partial charge in [0.1, 0.15) is 0 Å². The molecule has 1 rings (SSSR count). The van der Waals surface area contributed by atoms with Gasteiger partial charge in [-0.3, -0.25) is 9.59 Å². The van der Waals surface area contributed by atoms with Crippen LogP contribution >= 0.6 is 0 Å². The number of carbonyl (C=O) groups excluding carboxylic acids is 1. The third kappa shape index (κ3) is 4.35. The lowest BCUT2D eigenvalue weighted by Crippen LogP contribution is -2.50. The summed E-state index contributed by atoms with van der Waals surface area (Å²) in [5, 5.41) is 11.7. The first kappa shape index (κ1) is 16.2. The van der Waals surface area contributed by atoms with Crippen molar-refractivity contribution >= 4 is 11.9 Å². The van der Waals surface area contributed by atoms with E-state index in [1.54, 1.807) is 13.0 Å². The summed E-state index contributed by atoms with van der Waals surface area (Å²) in [5.41, 5.74) is 1.45. The number of amides is 1. The Morgan fingerprint density at radius 2 is 2.00 bits per heavy atom. The predicted molar refractivity (Wildman–Crippen MR) is 75.9 cm³/mol. The lowest BCUT2D eigenvalue weighted by Gasteiger charge is -2.28. The minimum atomic E-state index is -0.981. The SMILES string of the molecule is COCC(C)(CC(=O)O)NC(=O)c1cc(C)ccc1C. The number of carboxylic acids is 1. The van der Waals surface area contributed by atoms with E-state index >= 15 is 0 Å². The highest BCUT2D eigenvalue weighted by atomic mass is 16.5. The van der Waals surface area contributed by atoms with Crippen LogP contribution in [-0.2, 0) is 9.53 Å². The average Bonchev–Trinajstić information content (AvgIpc) is 2.30. The second-order valence-electron chi connectivity index (χ2n) is 5.34. The Kier molecular flexibility index (Phi) is 5.27. The maximum Gasteiger partial charge on any atom is 0.305 e. The van der Waals surface area contributed by atoms with E-state index in [1.807, 2.05) is 26.0 Å². The molecule has 0 spiro atoms. The van der Waals surface area contributed by atoms with E-state index in [0.29, 0.717) is 5.56 Å². The fourth-order valence-corrected chi connectivity index (χ4v) is 2.11. The van der Waals surface area contributed by atoms with Crippen molar-refractivity contribution in [3.63, 3.8) is 0 Å². The summed E-state index contributed by atoms with van der Waals surface area (Å²) in [4.78, 5) is 23.3. The van der Waals surface area contributed by atoms with Crippen LogP contribution in [0.15, 0.2) is 18.2 Å². The van der Waals surface area contributed by atoms with Crippen LogP contribution in [0, 0.1) is 13.8 Å². The first-order valence-electron chi connectivity index (χ1n) is 6.38. The summed E-state index contributed by atoms with van der Waals surface area (Å²) >= 11 is 0. The smallest absolute Gasteiger partial charge is 0.305 e. The lowest BCUT2D eigenvalue weighted by atomic mass is 9.97. The van der Waals surface area contributed by atoms with Gasteiger partial charge in [0.15, 0.2) is 0 Å². The van der Waals surface area contributed by atoms with Gasteiger partial charge in [-0.05, 0) is 32.4 Å². The van der Waals surface area contributed by atoms with Gasteiger partial charge in [0, 0.05) is 12.7 Å². The Morgan fingerprint density at radius 1 is 1.35 bits per heavy atom. The Bertz CT molecular complexity index is 513.